The Morgan fingerprint density at radius 3 is 2.74 bits per heavy atom. The molecule has 1 amide bonds. The highest BCUT2D eigenvalue weighted by Crippen LogP contribution is 2.23. The van der Waals surface area contributed by atoms with Crippen molar-refractivity contribution in [2.75, 3.05) is 18.1 Å². The van der Waals surface area contributed by atoms with Gasteiger partial charge in [-0.05, 0) is 50.6 Å². The Hall–Kier alpha value is -3.44. The minimum Gasteiger partial charge on any atom is -0.452 e. The van der Waals surface area contributed by atoms with E-state index in [9.17, 15) is 9.59 Å². The van der Waals surface area contributed by atoms with Crippen molar-refractivity contribution in [2.24, 2.45) is 0 Å². The molecule has 9 heteroatoms. The van der Waals surface area contributed by atoms with Crippen LogP contribution in [0, 0.1) is 18.3 Å². The van der Waals surface area contributed by atoms with E-state index in [0.29, 0.717) is 21.7 Å². The fourth-order valence-electron chi connectivity index (χ4n) is 3.07. The van der Waals surface area contributed by atoms with E-state index in [1.165, 1.54) is 11.1 Å². The molecule has 0 N–H and O–H groups in total. The number of nitrogens with zero attached hydrogens (tertiary/aromatic N) is 5. The van der Waals surface area contributed by atoms with Crippen LogP contribution in [0.2, 0.25) is 5.02 Å². The van der Waals surface area contributed by atoms with Crippen LogP contribution in [0.5, 0.6) is 0 Å². The minimum atomic E-state index is -0.660. The van der Waals surface area contributed by atoms with Crippen molar-refractivity contribution in [3.63, 3.8) is 0 Å². The molecule has 0 fully saturated rings. The molecule has 0 unspecified atom stereocenters. The molecule has 0 radical (unpaired) electrons. The van der Waals surface area contributed by atoms with Crippen LogP contribution in [0.25, 0.3) is 11.0 Å². The molecule has 0 aliphatic heterocycles. The quantitative estimate of drug-likeness (QED) is 0.514. The first kappa shape index (κ1) is 22.2. The first-order chi connectivity index (χ1) is 14.8. The molecular formula is C22H22ClN5O3. The summed E-state index contributed by atoms with van der Waals surface area (Å²) < 4.78 is 6.98. The Bertz CT molecular complexity index is 1170. The first-order valence-corrected chi connectivity index (χ1v) is 10.1. The van der Waals surface area contributed by atoms with Crippen molar-refractivity contribution in [1.82, 2.24) is 14.8 Å². The fourth-order valence-corrected chi connectivity index (χ4v) is 3.19. The Balaban J connectivity index is 1.72. The van der Waals surface area contributed by atoms with Gasteiger partial charge in [-0.1, -0.05) is 11.6 Å². The number of carbonyl (C=O) groups excluding carboxylic acids is 2. The van der Waals surface area contributed by atoms with Gasteiger partial charge in [0.15, 0.2) is 12.3 Å². The number of rotatable bonds is 7. The summed E-state index contributed by atoms with van der Waals surface area (Å²) in [5.41, 5.74) is 2.28. The Morgan fingerprint density at radius 2 is 2.06 bits per heavy atom. The molecule has 0 saturated heterocycles. The number of aromatic nitrogens is 3. The lowest BCUT2D eigenvalue weighted by atomic mass is 10.2. The molecule has 0 atom stereocenters. The third-order valence-corrected chi connectivity index (χ3v) is 5.11. The number of hydrogen-bond donors (Lipinski definition) is 0. The summed E-state index contributed by atoms with van der Waals surface area (Å²) in [6.07, 6.45) is 3.18. The SMILES string of the molecule is Cc1cc(N(CCC#N)C(=O)COC(=O)c2cnc3c(cnn3C(C)C)c2)ccc1Cl. The average Bonchev–Trinajstić information content (AvgIpc) is 3.18. The third-order valence-electron chi connectivity index (χ3n) is 4.69. The summed E-state index contributed by atoms with van der Waals surface area (Å²) in [5.74, 6) is -1.10. The largest absolute Gasteiger partial charge is 0.452 e. The fraction of sp³-hybridized carbons (Fsp3) is 0.318. The molecule has 1 aromatic carbocycles. The average molecular weight is 440 g/mol. The Kier molecular flexibility index (Phi) is 6.88. The lowest BCUT2D eigenvalue weighted by Crippen LogP contribution is -2.35. The van der Waals surface area contributed by atoms with Crippen LogP contribution in [-0.2, 0) is 9.53 Å². The summed E-state index contributed by atoms with van der Waals surface area (Å²) in [7, 11) is 0. The van der Waals surface area contributed by atoms with Gasteiger partial charge in [-0.15, -0.1) is 0 Å². The van der Waals surface area contributed by atoms with Crippen LogP contribution in [0.15, 0.2) is 36.7 Å². The second kappa shape index (κ2) is 9.58. The van der Waals surface area contributed by atoms with E-state index >= 15 is 0 Å². The highest BCUT2D eigenvalue weighted by atomic mass is 35.5. The van der Waals surface area contributed by atoms with Gasteiger partial charge in [0.1, 0.15) is 0 Å². The zero-order valence-corrected chi connectivity index (χ0v) is 18.3. The third kappa shape index (κ3) is 5.01. The number of hydrogen-bond acceptors (Lipinski definition) is 6. The molecule has 31 heavy (non-hydrogen) atoms. The van der Waals surface area contributed by atoms with Crippen LogP contribution in [0.4, 0.5) is 5.69 Å². The summed E-state index contributed by atoms with van der Waals surface area (Å²) >= 11 is 6.06. The van der Waals surface area contributed by atoms with Crippen LogP contribution in [-0.4, -0.2) is 39.8 Å². The standard InChI is InChI=1S/C22H22ClN5O3/c1-14(2)28-21-16(12-26-28)10-17(11-25-21)22(30)31-13-20(29)27(8-4-7-24)18-5-6-19(23)15(3)9-18/h5-6,9-12,14H,4,8,13H2,1-3H3. The number of aryl methyl sites for hydroxylation is 1. The maximum atomic E-state index is 12.7. The highest BCUT2D eigenvalue weighted by molar-refractivity contribution is 6.31. The number of fused-ring (bicyclic) bond motifs is 1. The van der Waals surface area contributed by atoms with Crippen LogP contribution in [0.1, 0.15) is 42.2 Å². The number of anilines is 1. The molecule has 2 aromatic heterocycles. The predicted octanol–water partition coefficient (Wildman–Crippen LogP) is 4.08. The normalized spacial score (nSPS) is 10.8. The Morgan fingerprint density at radius 1 is 1.29 bits per heavy atom. The van der Waals surface area contributed by atoms with Gasteiger partial charge < -0.3 is 9.64 Å². The molecule has 0 bridgehead atoms. The summed E-state index contributed by atoms with van der Waals surface area (Å²) in [4.78, 5) is 30.9. The molecule has 0 aliphatic rings. The zero-order valence-electron chi connectivity index (χ0n) is 17.5. The van der Waals surface area contributed by atoms with Crippen molar-refractivity contribution in [3.8, 4) is 6.07 Å². The van der Waals surface area contributed by atoms with E-state index in [-0.39, 0.29) is 24.6 Å². The van der Waals surface area contributed by atoms with E-state index in [2.05, 4.69) is 10.1 Å². The van der Waals surface area contributed by atoms with E-state index in [1.54, 1.807) is 35.1 Å². The first-order valence-electron chi connectivity index (χ1n) is 9.75. The molecule has 3 rings (SSSR count). The van der Waals surface area contributed by atoms with Gasteiger partial charge in [0.05, 0.1) is 24.3 Å². The molecular weight excluding hydrogens is 418 g/mol. The smallest absolute Gasteiger partial charge is 0.340 e. The Labute approximate surface area is 185 Å². The maximum absolute atomic E-state index is 12.7. The van der Waals surface area contributed by atoms with Crippen LogP contribution in [0.3, 0.4) is 0 Å². The highest BCUT2D eigenvalue weighted by Gasteiger charge is 2.19. The van der Waals surface area contributed by atoms with Crippen LogP contribution >= 0.6 is 11.6 Å². The minimum absolute atomic E-state index is 0.135. The molecule has 2 heterocycles. The zero-order chi connectivity index (χ0) is 22.5. The molecule has 8 nitrogen and oxygen atoms in total. The summed E-state index contributed by atoms with van der Waals surface area (Å²) in [6.45, 7) is 5.51. The molecule has 0 spiro atoms. The number of carbonyl (C=O) groups is 2. The predicted molar refractivity (Wildman–Crippen MR) is 117 cm³/mol. The lowest BCUT2D eigenvalue weighted by molar-refractivity contribution is -0.121. The van der Waals surface area contributed by atoms with Crippen molar-refractivity contribution in [3.05, 3.63) is 52.8 Å². The van der Waals surface area contributed by atoms with Crippen molar-refractivity contribution < 1.29 is 14.3 Å². The van der Waals surface area contributed by atoms with Crippen molar-refractivity contribution >= 4 is 40.2 Å². The number of benzene rings is 1. The van der Waals surface area contributed by atoms with Gasteiger partial charge in [0.25, 0.3) is 5.91 Å². The summed E-state index contributed by atoms with van der Waals surface area (Å²) in [6, 6.07) is 8.92. The van der Waals surface area contributed by atoms with Gasteiger partial charge >= 0.3 is 5.97 Å². The number of pyridine rings is 1. The van der Waals surface area contributed by atoms with Gasteiger partial charge in [-0.3, -0.25) is 4.79 Å². The lowest BCUT2D eigenvalue weighted by Gasteiger charge is -2.22. The number of esters is 1. The molecule has 160 valence electrons. The molecule has 0 saturated carbocycles. The van der Waals surface area contributed by atoms with E-state index in [4.69, 9.17) is 21.6 Å². The number of amides is 1. The summed E-state index contributed by atoms with van der Waals surface area (Å²) in [5, 5.41) is 14.5. The van der Waals surface area contributed by atoms with Crippen molar-refractivity contribution in [1.29, 1.82) is 5.26 Å². The second-order valence-corrected chi connectivity index (χ2v) is 7.69. The van der Waals surface area contributed by atoms with E-state index in [0.717, 1.165) is 5.56 Å². The molecule has 0 aliphatic carbocycles. The maximum Gasteiger partial charge on any atom is 0.340 e. The van der Waals surface area contributed by atoms with Crippen molar-refractivity contribution in [2.45, 2.75) is 33.2 Å². The topological polar surface area (TPSA) is 101 Å². The van der Waals surface area contributed by atoms with Gasteiger partial charge in [0, 0.05) is 34.9 Å². The van der Waals surface area contributed by atoms with Gasteiger partial charge in [-0.25, -0.2) is 14.5 Å². The molecule has 3 aromatic rings. The van der Waals surface area contributed by atoms with E-state index < -0.39 is 18.5 Å². The van der Waals surface area contributed by atoms with E-state index in [1.807, 2.05) is 26.8 Å². The number of nitriles is 1. The van der Waals surface area contributed by atoms with Gasteiger partial charge in [-0.2, -0.15) is 10.4 Å². The van der Waals surface area contributed by atoms with Gasteiger partial charge in [0.2, 0.25) is 0 Å². The number of ether oxygens (including phenoxy) is 1. The second-order valence-electron chi connectivity index (χ2n) is 7.28. The van der Waals surface area contributed by atoms with Crippen LogP contribution < -0.4 is 4.90 Å². The number of halogens is 1. The monoisotopic (exact) mass is 439 g/mol.